The maximum Gasteiger partial charge on any atom is 0.198 e. The van der Waals surface area contributed by atoms with E-state index in [0.29, 0.717) is 16.9 Å². The second kappa shape index (κ2) is 7.68. The van der Waals surface area contributed by atoms with Crippen LogP contribution < -0.4 is 5.32 Å². The van der Waals surface area contributed by atoms with Crippen LogP contribution in [-0.2, 0) is 0 Å². The molecule has 1 aliphatic heterocycles. The molecule has 4 rings (SSSR count). The van der Waals surface area contributed by atoms with Crippen molar-refractivity contribution in [2.75, 3.05) is 12.4 Å². The molecule has 164 valence electrons. The number of hydrogen-bond acceptors (Lipinski definition) is 4. The van der Waals surface area contributed by atoms with E-state index in [4.69, 9.17) is 0 Å². The molecule has 3 aromatic rings. The molecule has 0 bridgehead atoms. The van der Waals surface area contributed by atoms with Gasteiger partial charge in [0.2, 0.25) is 0 Å². The molecule has 6 heteroatoms. The Bertz CT molecular complexity index is 1110. The highest BCUT2D eigenvalue weighted by Gasteiger charge is 2.43. The summed E-state index contributed by atoms with van der Waals surface area (Å²) in [6.45, 7) is 8.93. The zero-order chi connectivity index (χ0) is 22.4. The van der Waals surface area contributed by atoms with Crippen LogP contribution in [0.4, 0.5) is 15.8 Å². The number of nitrogens with one attached hydrogen (secondary N) is 2. The number of halogens is 1. The molecular formula is C25H31FN4O. The van der Waals surface area contributed by atoms with Crippen LogP contribution >= 0.6 is 0 Å². The zero-order valence-electron chi connectivity index (χ0n) is 18.8. The number of aliphatic imine (C=N–C) groups is 1. The first-order valence-corrected chi connectivity index (χ1v) is 10.7. The van der Waals surface area contributed by atoms with Crippen molar-refractivity contribution in [3.8, 4) is 5.88 Å². The molecule has 0 unspecified atom stereocenters. The van der Waals surface area contributed by atoms with E-state index in [1.807, 2.05) is 24.3 Å². The van der Waals surface area contributed by atoms with Crippen LogP contribution in [0.3, 0.4) is 0 Å². The van der Waals surface area contributed by atoms with Gasteiger partial charge in [-0.2, -0.15) is 0 Å². The summed E-state index contributed by atoms with van der Waals surface area (Å²) >= 11 is 0. The summed E-state index contributed by atoms with van der Waals surface area (Å²) in [6.07, 6.45) is 3.44. The summed E-state index contributed by atoms with van der Waals surface area (Å²) in [4.78, 5) is 9.72. The molecule has 3 N–H and O–H groups in total. The number of nitrogens with zero attached hydrogens (tertiary/aromatic N) is 2. The summed E-state index contributed by atoms with van der Waals surface area (Å²) < 4.78 is 14.9. The lowest BCUT2D eigenvalue weighted by atomic mass is 9.77. The third-order valence-electron chi connectivity index (χ3n) is 6.69. The molecule has 31 heavy (non-hydrogen) atoms. The van der Waals surface area contributed by atoms with Crippen LogP contribution in [0.1, 0.15) is 46.1 Å². The molecule has 1 saturated heterocycles. The van der Waals surface area contributed by atoms with Crippen LogP contribution in [0.25, 0.3) is 10.9 Å². The van der Waals surface area contributed by atoms with Gasteiger partial charge in [-0.3, -0.25) is 9.89 Å². The molecule has 0 spiro atoms. The van der Waals surface area contributed by atoms with Gasteiger partial charge in [0.25, 0.3) is 0 Å². The summed E-state index contributed by atoms with van der Waals surface area (Å²) in [5.74, 6) is -0.274. The van der Waals surface area contributed by atoms with Gasteiger partial charge >= 0.3 is 0 Å². The lowest BCUT2D eigenvalue weighted by Gasteiger charge is -2.53. The zero-order valence-corrected chi connectivity index (χ0v) is 18.8. The van der Waals surface area contributed by atoms with Gasteiger partial charge in [0.1, 0.15) is 5.82 Å². The average Bonchev–Trinajstić information content (AvgIpc) is 3.01. The molecule has 2 aromatic carbocycles. The number of aromatic nitrogens is 1. The minimum absolute atomic E-state index is 0.0292. The van der Waals surface area contributed by atoms with Gasteiger partial charge in [-0.1, -0.05) is 18.2 Å². The van der Waals surface area contributed by atoms with Crippen LogP contribution in [0.2, 0.25) is 0 Å². The van der Waals surface area contributed by atoms with Crippen LogP contribution in [0.5, 0.6) is 5.88 Å². The van der Waals surface area contributed by atoms with Crippen molar-refractivity contribution >= 4 is 28.5 Å². The molecule has 5 nitrogen and oxygen atoms in total. The Kier molecular flexibility index (Phi) is 5.30. The Hall–Kier alpha value is -2.86. The molecular weight excluding hydrogens is 391 g/mol. The number of aromatic amines is 1. The Morgan fingerprint density at radius 3 is 2.48 bits per heavy atom. The van der Waals surface area contributed by atoms with E-state index in [2.05, 4.69) is 54.9 Å². The van der Waals surface area contributed by atoms with Crippen molar-refractivity contribution in [2.24, 2.45) is 4.99 Å². The predicted molar refractivity (Wildman–Crippen MR) is 126 cm³/mol. The van der Waals surface area contributed by atoms with Crippen molar-refractivity contribution in [1.82, 2.24) is 9.88 Å². The normalized spacial score (nSPS) is 19.3. The molecule has 0 aliphatic carbocycles. The van der Waals surface area contributed by atoms with Crippen molar-refractivity contribution in [3.63, 3.8) is 0 Å². The highest BCUT2D eigenvalue weighted by molar-refractivity contribution is 6.02. The minimum atomic E-state index is -0.327. The van der Waals surface area contributed by atoms with E-state index in [1.165, 1.54) is 6.07 Å². The maximum atomic E-state index is 14.9. The summed E-state index contributed by atoms with van der Waals surface area (Å²) in [6, 6.07) is 12.7. The second-order valence-electron chi connectivity index (χ2n) is 9.79. The molecule has 0 amide bonds. The Balaban J connectivity index is 1.52. The van der Waals surface area contributed by atoms with Crippen molar-refractivity contribution in [1.29, 1.82) is 0 Å². The third kappa shape index (κ3) is 4.17. The number of fused-ring (bicyclic) bond motifs is 1. The third-order valence-corrected chi connectivity index (χ3v) is 6.69. The standard InChI is InChI=1S/C25H31FN4O/c1-24(2)13-17(14-25(3,4)30(24)5)28-22-11-10-16(12-20(22)26)27-15-19-18-8-6-7-9-21(18)29-23(19)31/h6-12,15,17,28-29,31H,13-14H2,1-5H3. The van der Waals surface area contributed by atoms with Gasteiger partial charge in [-0.15, -0.1) is 0 Å². The Morgan fingerprint density at radius 2 is 1.81 bits per heavy atom. The van der Waals surface area contributed by atoms with Gasteiger partial charge in [-0.25, -0.2) is 4.39 Å². The first kappa shape index (κ1) is 21.4. The monoisotopic (exact) mass is 422 g/mol. The number of likely N-dealkylation sites (tertiary alicyclic amines) is 1. The van der Waals surface area contributed by atoms with Gasteiger partial charge < -0.3 is 15.4 Å². The second-order valence-corrected chi connectivity index (χ2v) is 9.79. The number of aromatic hydroxyl groups is 1. The SMILES string of the molecule is CN1C(C)(C)CC(Nc2ccc(N=Cc3c(O)[nH]c4ccccc34)cc2F)CC1(C)C. The van der Waals surface area contributed by atoms with Gasteiger partial charge in [0, 0.05) is 40.3 Å². The number of piperidine rings is 1. The summed E-state index contributed by atoms with van der Waals surface area (Å²) in [7, 11) is 2.16. The molecule has 1 fully saturated rings. The van der Waals surface area contributed by atoms with Crippen molar-refractivity contribution < 1.29 is 9.50 Å². The van der Waals surface area contributed by atoms with Crippen LogP contribution in [0, 0.1) is 5.82 Å². The van der Waals surface area contributed by atoms with E-state index >= 15 is 0 Å². The van der Waals surface area contributed by atoms with Crippen molar-refractivity contribution in [3.05, 3.63) is 53.8 Å². The number of H-pyrrole nitrogens is 1. The van der Waals surface area contributed by atoms with Crippen LogP contribution in [0.15, 0.2) is 47.5 Å². The number of benzene rings is 2. The first-order valence-electron chi connectivity index (χ1n) is 10.7. The number of anilines is 1. The molecule has 1 aliphatic rings. The van der Waals surface area contributed by atoms with Crippen LogP contribution in [-0.4, -0.2) is 45.4 Å². The average molecular weight is 423 g/mol. The fourth-order valence-electron chi connectivity index (χ4n) is 4.81. The predicted octanol–water partition coefficient (Wildman–Crippen LogP) is 5.83. The van der Waals surface area contributed by atoms with Gasteiger partial charge in [0.05, 0.1) is 16.9 Å². The number of para-hydroxylation sites is 1. The fourth-order valence-corrected chi connectivity index (χ4v) is 4.81. The number of rotatable bonds is 4. The van der Waals surface area contributed by atoms with E-state index in [0.717, 1.165) is 23.7 Å². The number of hydrogen-bond donors (Lipinski definition) is 3. The summed E-state index contributed by atoms with van der Waals surface area (Å²) in [5, 5.41) is 14.4. The molecule has 0 radical (unpaired) electrons. The smallest absolute Gasteiger partial charge is 0.198 e. The van der Waals surface area contributed by atoms with E-state index < -0.39 is 0 Å². The fraction of sp³-hybridized carbons (Fsp3) is 0.400. The van der Waals surface area contributed by atoms with E-state index in [9.17, 15) is 9.50 Å². The summed E-state index contributed by atoms with van der Waals surface area (Å²) in [5.41, 5.74) is 2.47. The Morgan fingerprint density at radius 1 is 1.13 bits per heavy atom. The molecule has 2 heterocycles. The maximum absolute atomic E-state index is 14.9. The van der Waals surface area contributed by atoms with E-state index in [1.54, 1.807) is 18.3 Å². The quantitative estimate of drug-likeness (QED) is 0.464. The highest BCUT2D eigenvalue weighted by Crippen LogP contribution is 2.38. The van der Waals surface area contributed by atoms with Gasteiger partial charge in [0.15, 0.2) is 5.88 Å². The van der Waals surface area contributed by atoms with Crippen molar-refractivity contribution in [2.45, 2.75) is 57.7 Å². The minimum Gasteiger partial charge on any atom is -0.494 e. The molecule has 1 aromatic heterocycles. The van der Waals surface area contributed by atoms with Gasteiger partial charge in [-0.05, 0) is 65.8 Å². The lowest BCUT2D eigenvalue weighted by molar-refractivity contribution is -0.00772. The highest BCUT2D eigenvalue weighted by atomic mass is 19.1. The molecule has 0 saturated carbocycles. The molecule has 0 atom stereocenters. The Labute approximate surface area is 183 Å². The largest absolute Gasteiger partial charge is 0.494 e. The topological polar surface area (TPSA) is 63.6 Å². The first-order chi connectivity index (χ1) is 14.6. The lowest BCUT2D eigenvalue weighted by Crippen LogP contribution is -2.61. The van der Waals surface area contributed by atoms with E-state index in [-0.39, 0.29) is 28.8 Å².